The van der Waals surface area contributed by atoms with Gasteiger partial charge in [-0.25, -0.2) is 0 Å². The Kier molecular flexibility index (Phi) is 4.76. The van der Waals surface area contributed by atoms with Crippen LogP contribution in [-0.4, -0.2) is 57.8 Å². The molecule has 1 aromatic heterocycles. The number of carbonyl (C=O) groups is 1. The Bertz CT molecular complexity index is 791. The Labute approximate surface area is 146 Å². The van der Waals surface area contributed by atoms with Gasteiger partial charge in [-0.1, -0.05) is 0 Å². The Morgan fingerprint density at radius 3 is 2.60 bits per heavy atom. The number of nitro benzene ring substituents is 1. The molecule has 134 valence electrons. The van der Waals surface area contributed by atoms with Crippen LogP contribution in [0.4, 0.5) is 5.69 Å². The second kappa shape index (κ2) is 6.84. The van der Waals surface area contributed by atoms with Gasteiger partial charge in [0.1, 0.15) is 5.69 Å². The molecule has 1 aliphatic rings. The fraction of sp³-hybridized carbons (Fsp3) is 0.500. The molecular weight excluding hydrogens is 320 g/mol. The van der Waals surface area contributed by atoms with Crippen LogP contribution in [0.3, 0.4) is 0 Å². The number of rotatable bonds is 4. The van der Waals surface area contributed by atoms with E-state index in [1.54, 1.807) is 17.0 Å². The third kappa shape index (κ3) is 3.51. The molecule has 1 N–H and O–H groups in total. The maximum Gasteiger partial charge on any atom is 0.270 e. The van der Waals surface area contributed by atoms with Crippen molar-refractivity contribution in [3.05, 3.63) is 40.1 Å². The molecule has 0 radical (unpaired) electrons. The highest BCUT2D eigenvalue weighted by atomic mass is 16.6. The van der Waals surface area contributed by atoms with Crippen LogP contribution in [0, 0.1) is 10.1 Å². The number of hydrogen-bond acceptors (Lipinski definition) is 4. The number of amides is 1. The van der Waals surface area contributed by atoms with Gasteiger partial charge in [-0.3, -0.25) is 14.9 Å². The predicted octanol–water partition coefficient (Wildman–Crippen LogP) is 3.02. The van der Waals surface area contributed by atoms with Crippen LogP contribution in [-0.2, 0) is 0 Å². The van der Waals surface area contributed by atoms with Crippen molar-refractivity contribution >= 4 is 22.5 Å². The topological polar surface area (TPSA) is 82.5 Å². The smallest absolute Gasteiger partial charge is 0.270 e. The highest BCUT2D eigenvalue weighted by molar-refractivity contribution is 5.98. The van der Waals surface area contributed by atoms with Gasteiger partial charge < -0.3 is 14.8 Å². The maximum atomic E-state index is 12.8. The molecule has 3 rings (SSSR count). The molecule has 2 aromatic rings. The van der Waals surface area contributed by atoms with Crippen molar-refractivity contribution < 1.29 is 9.72 Å². The average Bonchev–Trinajstić information content (AvgIpc) is 3.03. The predicted molar refractivity (Wildman–Crippen MR) is 96.8 cm³/mol. The first kappa shape index (κ1) is 17.4. The molecule has 7 nitrogen and oxygen atoms in total. The molecule has 2 heterocycles. The van der Waals surface area contributed by atoms with Gasteiger partial charge in [-0.05, 0) is 38.8 Å². The zero-order valence-corrected chi connectivity index (χ0v) is 14.9. The summed E-state index contributed by atoms with van der Waals surface area (Å²) >= 11 is 0. The summed E-state index contributed by atoms with van der Waals surface area (Å²) in [5.74, 6) is -0.0677. The summed E-state index contributed by atoms with van der Waals surface area (Å²) in [5.41, 5.74) is 1.24. The van der Waals surface area contributed by atoms with Crippen molar-refractivity contribution in [3.8, 4) is 0 Å². The molecule has 7 heteroatoms. The fourth-order valence-corrected chi connectivity index (χ4v) is 3.49. The number of nitrogens with one attached hydrogen (secondary N) is 1. The average molecular weight is 344 g/mol. The Balaban J connectivity index is 1.74. The summed E-state index contributed by atoms with van der Waals surface area (Å²) in [6.07, 6.45) is 1.93. The number of likely N-dealkylation sites (tertiary alicyclic amines) is 1. The highest BCUT2D eigenvalue weighted by Gasteiger charge is 2.27. The van der Waals surface area contributed by atoms with E-state index in [9.17, 15) is 14.9 Å². The van der Waals surface area contributed by atoms with Gasteiger partial charge in [-0.2, -0.15) is 0 Å². The number of aromatic nitrogens is 1. The molecule has 1 saturated heterocycles. The van der Waals surface area contributed by atoms with Crippen molar-refractivity contribution in [1.29, 1.82) is 0 Å². The first-order valence-electron chi connectivity index (χ1n) is 8.65. The van der Waals surface area contributed by atoms with Crippen LogP contribution in [0.15, 0.2) is 24.3 Å². The summed E-state index contributed by atoms with van der Waals surface area (Å²) < 4.78 is 0. The first-order chi connectivity index (χ1) is 11.9. The second-order valence-electron chi connectivity index (χ2n) is 6.99. The van der Waals surface area contributed by atoms with Crippen LogP contribution in [0.25, 0.3) is 10.9 Å². The van der Waals surface area contributed by atoms with Gasteiger partial charge in [0, 0.05) is 55.3 Å². The normalized spacial score (nSPS) is 16.5. The van der Waals surface area contributed by atoms with E-state index in [4.69, 9.17) is 0 Å². The molecule has 0 spiro atoms. The number of aromatic amines is 1. The summed E-state index contributed by atoms with van der Waals surface area (Å²) in [4.78, 5) is 30.6. The number of nitro groups is 1. The number of carbonyl (C=O) groups excluding carboxylic acids is 1. The van der Waals surface area contributed by atoms with Crippen LogP contribution in [0.5, 0.6) is 0 Å². The van der Waals surface area contributed by atoms with Crippen molar-refractivity contribution in [2.75, 3.05) is 20.1 Å². The molecule has 1 fully saturated rings. The Morgan fingerprint density at radius 2 is 2.00 bits per heavy atom. The summed E-state index contributed by atoms with van der Waals surface area (Å²) in [6, 6.07) is 7.03. The lowest BCUT2D eigenvalue weighted by atomic mass is 10.0. The second-order valence-corrected chi connectivity index (χ2v) is 6.99. The van der Waals surface area contributed by atoms with E-state index in [1.165, 1.54) is 12.1 Å². The summed E-state index contributed by atoms with van der Waals surface area (Å²) in [5, 5.41) is 11.6. The zero-order valence-electron chi connectivity index (χ0n) is 14.9. The Morgan fingerprint density at radius 1 is 1.32 bits per heavy atom. The molecule has 0 aliphatic carbocycles. The van der Waals surface area contributed by atoms with Crippen molar-refractivity contribution in [2.24, 2.45) is 0 Å². The van der Waals surface area contributed by atoms with Crippen LogP contribution in [0.2, 0.25) is 0 Å². The number of non-ortho nitro benzene ring substituents is 1. The zero-order chi connectivity index (χ0) is 18.1. The van der Waals surface area contributed by atoms with E-state index in [0.29, 0.717) is 17.1 Å². The largest absolute Gasteiger partial charge is 0.351 e. The molecule has 1 amide bonds. The van der Waals surface area contributed by atoms with Gasteiger partial charge in [0.25, 0.3) is 11.6 Å². The highest BCUT2D eigenvalue weighted by Crippen LogP contribution is 2.24. The fourth-order valence-electron chi connectivity index (χ4n) is 3.49. The minimum atomic E-state index is -0.428. The lowest BCUT2D eigenvalue weighted by Gasteiger charge is -2.38. The van der Waals surface area contributed by atoms with Crippen LogP contribution < -0.4 is 0 Å². The number of piperidine rings is 1. The molecule has 25 heavy (non-hydrogen) atoms. The number of H-pyrrole nitrogens is 1. The Hall–Kier alpha value is -2.41. The third-order valence-electron chi connectivity index (χ3n) is 5.14. The molecule has 0 bridgehead atoms. The van der Waals surface area contributed by atoms with Crippen molar-refractivity contribution in [2.45, 2.75) is 38.8 Å². The number of fused-ring (bicyclic) bond motifs is 1. The van der Waals surface area contributed by atoms with E-state index < -0.39 is 4.92 Å². The minimum absolute atomic E-state index is 0.0277. The number of hydrogen-bond donors (Lipinski definition) is 1. The third-order valence-corrected chi connectivity index (χ3v) is 5.14. The van der Waals surface area contributed by atoms with E-state index >= 15 is 0 Å². The van der Waals surface area contributed by atoms with Crippen LogP contribution in [0.1, 0.15) is 37.2 Å². The van der Waals surface area contributed by atoms with Gasteiger partial charge >= 0.3 is 0 Å². The van der Waals surface area contributed by atoms with Crippen molar-refractivity contribution in [1.82, 2.24) is 14.8 Å². The first-order valence-corrected chi connectivity index (χ1v) is 8.65. The van der Waals surface area contributed by atoms with E-state index in [1.807, 2.05) is 7.05 Å². The van der Waals surface area contributed by atoms with E-state index in [0.717, 1.165) is 31.4 Å². The molecule has 0 saturated carbocycles. The molecule has 0 atom stereocenters. The van der Waals surface area contributed by atoms with Gasteiger partial charge in [0.15, 0.2) is 0 Å². The van der Waals surface area contributed by atoms with Crippen LogP contribution >= 0.6 is 0 Å². The minimum Gasteiger partial charge on any atom is -0.351 e. The monoisotopic (exact) mass is 344 g/mol. The summed E-state index contributed by atoms with van der Waals surface area (Å²) in [6.45, 7) is 6.38. The van der Waals surface area contributed by atoms with Gasteiger partial charge in [-0.15, -0.1) is 0 Å². The summed E-state index contributed by atoms with van der Waals surface area (Å²) in [7, 11) is 1.84. The van der Waals surface area contributed by atoms with Crippen molar-refractivity contribution in [3.63, 3.8) is 0 Å². The quantitative estimate of drug-likeness (QED) is 0.683. The number of nitrogens with zero attached hydrogens (tertiary/aromatic N) is 3. The standard InChI is InChI=1S/C18H24N4O3/c1-12(2)21-8-6-14(7-9-21)20(3)18(23)17-11-13-10-15(22(24)25)4-5-16(13)19-17/h4-5,10-12,14,19H,6-9H2,1-3H3. The van der Waals surface area contributed by atoms with E-state index in [-0.39, 0.29) is 17.6 Å². The lowest BCUT2D eigenvalue weighted by molar-refractivity contribution is -0.384. The molecule has 0 unspecified atom stereocenters. The number of benzene rings is 1. The maximum absolute atomic E-state index is 12.8. The molecular formula is C18H24N4O3. The SMILES string of the molecule is CC(C)N1CCC(N(C)C(=O)c2cc3cc([N+](=O)[O-])ccc3[nH]2)CC1. The molecule has 1 aromatic carbocycles. The van der Waals surface area contributed by atoms with Gasteiger partial charge in [0.2, 0.25) is 0 Å². The molecule has 1 aliphatic heterocycles. The van der Waals surface area contributed by atoms with E-state index in [2.05, 4.69) is 23.7 Å². The lowest BCUT2D eigenvalue weighted by Crippen LogP contribution is -2.47. The van der Waals surface area contributed by atoms with Gasteiger partial charge in [0.05, 0.1) is 4.92 Å².